The van der Waals surface area contributed by atoms with E-state index in [4.69, 9.17) is 11.0 Å². The second-order valence-electron chi connectivity index (χ2n) is 5.81. The normalized spacial score (nSPS) is 13.8. The average Bonchev–Trinajstić information content (AvgIpc) is 2.53. The molecule has 0 saturated carbocycles. The lowest BCUT2D eigenvalue weighted by Crippen LogP contribution is -2.55. The smallest absolute Gasteiger partial charge is 0.243 e. The second-order valence-corrected chi connectivity index (χ2v) is 5.81. The minimum absolute atomic E-state index is 0.0383. The Balaban J connectivity index is 2.91. The minimum Gasteiger partial charge on any atom is -0.368 e. The molecule has 0 aliphatic heterocycles. The van der Waals surface area contributed by atoms with E-state index in [-0.39, 0.29) is 12.8 Å². The Bertz CT molecular complexity index is 669. The Morgan fingerprint density at radius 3 is 2.32 bits per heavy atom. The minimum atomic E-state index is -1.03. The number of halogens is 1. The molecule has 8 heteroatoms. The maximum Gasteiger partial charge on any atom is 0.243 e. The van der Waals surface area contributed by atoms with Gasteiger partial charge in [-0.05, 0) is 23.6 Å². The third-order valence-corrected chi connectivity index (χ3v) is 3.63. The van der Waals surface area contributed by atoms with Gasteiger partial charge in [-0.15, -0.1) is 0 Å². The van der Waals surface area contributed by atoms with Crippen LogP contribution in [0.15, 0.2) is 24.3 Å². The zero-order valence-electron chi connectivity index (χ0n) is 14.1. The predicted octanol–water partition coefficient (Wildman–Crippen LogP) is 0.393. The molecule has 25 heavy (non-hydrogen) atoms. The summed E-state index contributed by atoms with van der Waals surface area (Å²) in [6, 6.07) is 5.43. The summed E-state index contributed by atoms with van der Waals surface area (Å²) < 4.78 is 13.0. The maximum absolute atomic E-state index is 13.0. The van der Waals surface area contributed by atoms with Gasteiger partial charge in [-0.25, -0.2) is 4.39 Å². The van der Waals surface area contributed by atoms with Gasteiger partial charge < -0.3 is 16.4 Å². The Labute approximate surface area is 145 Å². The lowest BCUT2D eigenvalue weighted by molar-refractivity contribution is -0.131. The van der Waals surface area contributed by atoms with Crippen LogP contribution in [0.5, 0.6) is 0 Å². The molecule has 3 amide bonds. The number of amides is 3. The number of hydrogen-bond acceptors (Lipinski definition) is 4. The van der Waals surface area contributed by atoms with E-state index in [0.29, 0.717) is 5.56 Å². The fourth-order valence-corrected chi connectivity index (χ4v) is 2.32. The van der Waals surface area contributed by atoms with Gasteiger partial charge in [0.15, 0.2) is 0 Å². The van der Waals surface area contributed by atoms with E-state index in [1.807, 2.05) is 6.07 Å². The van der Waals surface area contributed by atoms with E-state index in [1.165, 1.54) is 31.2 Å². The van der Waals surface area contributed by atoms with E-state index in [1.54, 1.807) is 6.92 Å². The largest absolute Gasteiger partial charge is 0.368 e. The zero-order valence-corrected chi connectivity index (χ0v) is 14.1. The van der Waals surface area contributed by atoms with Crippen LogP contribution in [-0.4, -0.2) is 29.8 Å². The van der Waals surface area contributed by atoms with Gasteiger partial charge in [0.25, 0.3) is 0 Å². The maximum atomic E-state index is 13.0. The number of hydrogen-bond donors (Lipinski definition) is 3. The van der Waals surface area contributed by atoms with Crippen molar-refractivity contribution in [3.8, 4) is 6.07 Å². The molecule has 0 aromatic heterocycles. The van der Waals surface area contributed by atoms with Crippen molar-refractivity contribution in [2.75, 3.05) is 0 Å². The summed E-state index contributed by atoms with van der Waals surface area (Å²) in [6.45, 7) is 2.88. The quantitative estimate of drug-likeness (QED) is 0.628. The van der Waals surface area contributed by atoms with E-state index in [2.05, 4.69) is 10.6 Å². The number of carbonyl (C=O) groups is 3. The Morgan fingerprint density at radius 1 is 1.24 bits per heavy atom. The third-order valence-electron chi connectivity index (χ3n) is 3.63. The van der Waals surface area contributed by atoms with Gasteiger partial charge in [0.1, 0.15) is 17.9 Å². The SMILES string of the molecule is CC(=O)N[C@H](Cc1ccc(F)cc1)C(=O)N[C@H](C(N)=O)[C@@H](C)CC#N. The van der Waals surface area contributed by atoms with Crippen LogP contribution in [0, 0.1) is 23.1 Å². The van der Waals surface area contributed by atoms with Crippen LogP contribution in [0.1, 0.15) is 25.8 Å². The first-order valence-corrected chi connectivity index (χ1v) is 7.72. The lowest BCUT2D eigenvalue weighted by Gasteiger charge is -2.24. The topological polar surface area (TPSA) is 125 Å². The van der Waals surface area contributed by atoms with E-state index in [9.17, 15) is 18.8 Å². The van der Waals surface area contributed by atoms with Crippen molar-refractivity contribution in [1.82, 2.24) is 10.6 Å². The van der Waals surface area contributed by atoms with Crippen molar-refractivity contribution in [2.24, 2.45) is 11.7 Å². The van der Waals surface area contributed by atoms with Crippen LogP contribution in [0.2, 0.25) is 0 Å². The number of nitrogens with two attached hydrogens (primary N) is 1. The number of benzene rings is 1. The molecule has 1 rings (SSSR count). The molecule has 7 nitrogen and oxygen atoms in total. The van der Waals surface area contributed by atoms with Crippen LogP contribution in [0.3, 0.4) is 0 Å². The first kappa shape index (κ1) is 20.1. The second kappa shape index (κ2) is 9.37. The molecule has 0 spiro atoms. The molecular weight excluding hydrogens is 327 g/mol. The zero-order chi connectivity index (χ0) is 19.0. The summed E-state index contributed by atoms with van der Waals surface area (Å²) >= 11 is 0. The van der Waals surface area contributed by atoms with Gasteiger partial charge in [0.2, 0.25) is 17.7 Å². The Morgan fingerprint density at radius 2 is 1.84 bits per heavy atom. The van der Waals surface area contributed by atoms with Crippen molar-refractivity contribution < 1.29 is 18.8 Å². The molecule has 0 radical (unpaired) electrons. The monoisotopic (exact) mass is 348 g/mol. The fourth-order valence-electron chi connectivity index (χ4n) is 2.32. The summed E-state index contributed by atoms with van der Waals surface area (Å²) in [7, 11) is 0. The van der Waals surface area contributed by atoms with Gasteiger partial charge in [0.05, 0.1) is 6.07 Å². The van der Waals surface area contributed by atoms with Gasteiger partial charge >= 0.3 is 0 Å². The average molecular weight is 348 g/mol. The summed E-state index contributed by atoms with van der Waals surface area (Å²) in [4.78, 5) is 35.4. The van der Waals surface area contributed by atoms with Crippen molar-refractivity contribution in [2.45, 2.75) is 38.8 Å². The van der Waals surface area contributed by atoms with Crippen molar-refractivity contribution in [3.05, 3.63) is 35.6 Å². The Kier molecular flexibility index (Phi) is 7.53. The number of primary amides is 1. The summed E-state index contributed by atoms with van der Waals surface area (Å²) in [5.74, 6) is -2.69. The van der Waals surface area contributed by atoms with Gasteiger partial charge in [-0.1, -0.05) is 19.1 Å². The first-order valence-electron chi connectivity index (χ1n) is 7.72. The number of nitrogens with one attached hydrogen (secondary N) is 2. The molecule has 3 atom stereocenters. The van der Waals surface area contributed by atoms with E-state index in [0.717, 1.165) is 0 Å². The molecular formula is C17H21FN4O3. The predicted molar refractivity (Wildman–Crippen MR) is 88.2 cm³/mol. The molecule has 0 bridgehead atoms. The third kappa shape index (κ3) is 6.59. The van der Waals surface area contributed by atoms with Gasteiger partial charge in [0, 0.05) is 19.8 Å². The fraction of sp³-hybridized carbons (Fsp3) is 0.412. The number of nitriles is 1. The molecule has 0 aliphatic rings. The van der Waals surface area contributed by atoms with Crippen molar-refractivity contribution >= 4 is 17.7 Å². The highest BCUT2D eigenvalue weighted by atomic mass is 19.1. The van der Waals surface area contributed by atoms with Crippen LogP contribution in [0.4, 0.5) is 4.39 Å². The number of rotatable bonds is 8. The number of nitrogens with zero attached hydrogens (tertiary/aromatic N) is 1. The Hall–Kier alpha value is -2.95. The molecule has 4 N–H and O–H groups in total. The molecule has 0 saturated heterocycles. The van der Waals surface area contributed by atoms with Crippen LogP contribution >= 0.6 is 0 Å². The summed E-state index contributed by atoms with van der Waals surface area (Å²) in [5.41, 5.74) is 5.93. The highest BCUT2D eigenvalue weighted by Crippen LogP contribution is 2.10. The van der Waals surface area contributed by atoms with Crippen LogP contribution < -0.4 is 16.4 Å². The molecule has 0 aliphatic carbocycles. The van der Waals surface area contributed by atoms with E-state index < -0.39 is 41.5 Å². The van der Waals surface area contributed by atoms with Crippen molar-refractivity contribution in [1.29, 1.82) is 5.26 Å². The van der Waals surface area contributed by atoms with Gasteiger partial charge in [-0.3, -0.25) is 14.4 Å². The molecule has 0 unspecified atom stereocenters. The standard InChI is InChI=1S/C17H21FN4O3/c1-10(7-8-19)15(16(20)24)22-17(25)14(21-11(2)23)9-12-3-5-13(18)6-4-12/h3-6,10,14-15H,7,9H2,1-2H3,(H2,20,24)(H,21,23)(H,22,25)/t10-,14+,15-/m0/s1. The highest BCUT2D eigenvalue weighted by molar-refractivity contribution is 5.91. The summed E-state index contributed by atoms with van der Waals surface area (Å²) in [5, 5.41) is 13.7. The molecule has 134 valence electrons. The first-order chi connectivity index (χ1) is 11.7. The highest BCUT2D eigenvalue weighted by Gasteiger charge is 2.28. The lowest BCUT2D eigenvalue weighted by atomic mass is 9.97. The van der Waals surface area contributed by atoms with E-state index >= 15 is 0 Å². The summed E-state index contributed by atoms with van der Waals surface area (Å²) in [6.07, 6.45) is 0.153. The molecule has 0 heterocycles. The van der Waals surface area contributed by atoms with Gasteiger partial charge in [-0.2, -0.15) is 5.26 Å². The molecule has 1 aromatic rings. The number of carbonyl (C=O) groups excluding carboxylic acids is 3. The molecule has 0 fully saturated rings. The van der Waals surface area contributed by atoms with Crippen LogP contribution in [-0.2, 0) is 20.8 Å². The van der Waals surface area contributed by atoms with Crippen molar-refractivity contribution in [3.63, 3.8) is 0 Å². The van der Waals surface area contributed by atoms with Crippen LogP contribution in [0.25, 0.3) is 0 Å². The molecule has 1 aromatic carbocycles.